The van der Waals surface area contributed by atoms with Crippen LogP contribution in [0.15, 0.2) is 30.5 Å². The molecule has 4 nitrogen and oxygen atoms in total. The first-order valence-corrected chi connectivity index (χ1v) is 6.13. The highest BCUT2D eigenvalue weighted by molar-refractivity contribution is 5.64. The molecule has 4 heteroatoms. The lowest BCUT2D eigenvalue weighted by Crippen LogP contribution is -2.07. The van der Waals surface area contributed by atoms with Gasteiger partial charge >= 0.3 is 0 Å². The molecule has 2 aromatic rings. The van der Waals surface area contributed by atoms with Gasteiger partial charge in [0, 0.05) is 24.2 Å². The van der Waals surface area contributed by atoms with Crippen LogP contribution < -0.4 is 10.1 Å². The van der Waals surface area contributed by atoms with Gasteiger partial charge in [0.25, 0.3) is 0 Å². The average molecular weight is 245 g/mol. The van der Waals surface area contributed by atoms with Gasteiger partial charge in [-0.15, -0.1) is 0 Å². The predicted molar refractivity (Wildman–Crippen MR) is 72.7 cm³/mol. The maximum Gasteiger partial charge on any atom is 0.118 e. The van der Waals surface area contributed by atoms with Crippen LogP contribution in [0.25, 0.3) is 11.3 Å². The van der Waals surface area contributed by atoms with E-state index in [0.29, 0.717) is 0 Å². The Hall–Kier alpha value is -1.81. The monoisotopic (exact) mass is 245 g/mol. The van der Waals surface area contributed by atoms with Crippen molar-refractivity contribution in [3.8, 4) is 17.0 Å². The Morgan fingerprint density at radius 2 is 2.00 bits per heavy atom. The van der Waals surface area contributed by atoms with Crippen LogP contribution in [0.2, 0.25) is 0 Å². The third-order valence-electron chi connectivity index (χ3n) is 2.95. The Morgan fingerprint density at radius 3 is 2.56 bits per heavy atom. The number of benzene rings is 1. The molecule has 0 amide bonds. The minimum Gasteiger partial charge on any atom is -0.497 e. The molecule has 0 aliphatic carbocycles. The molecule has 0 saturated carbocycles. The third kappa shape index (κ3) is 2.38. The van der Waals surface area contributed by atoms with Crippen molar-refractivity contribution in [2.24, 2.45) is 0 Å². The van der Waals surface area contributed by atoms with Crippen molar-refractivity contribution < 1.29 is 4.74 Å². The number of aryl methyl sites for hydroxylation is 1. The van der Waals surface area contributed by atoms with Crippen LogP contribution in [0.1, 0.15) is 12.5 Å². The summed E-state index contributed by atoms with van der Waals surface area (Å²) in [6.45, 7) is 3.79. The Labute approximate surface area is 108 Å². The summed E-state index contributed by atoms with van der Waals surface area (Å²) in [5, 5.41) is 7.59. The van der Waals surface area contributed by atoms with E-state index < -0.39 is 0 Å². The Balaban J connectivity index is 2.43. The molecular formula is C14H19N3O. The lowest BCUT2D eigenvalue weighted by molar-refractivity contribution is 0.415. The predicted octanol–water partition coefficient (Wildman–Crippen LogP) is 2.30. The third-order valence-corrected chi connectivity index (χ3v) is 2.95. The van der Waals surface area contributed by atoms with E-state index >= 15 is 0 Å². The zero-order valence-electron chi connectivity index (χ0n) is 11.1. The van der Waals surface area contributed by atoms with Crippen molar-refractivity contribution in [2.75, 3.05) is 14.2 Å². The lowest BCUT2D eigenvalue weighted by Gasteiger charge is -2.09. The van der Waals surface area contributed by atoms with E-state index in [-0.39, 0.29) is 0 Å². The van der Waals surface area contributed by atoms with E-state index in [2.05, 4.69) is 29.5 Å². The van der Waals surface area contributed by atoms with Crippen LogP contribution in [0, 0.1) is 0 Å². The van der Waals surface area contributed by atoms with Gasteiger partial charge in [-0.05, 0) is 38.2 Å². The lowest BCUT2D eigenvalue weighted by atomic mass is 10.1. The molecule has 0 fully saturated rings. The van der Waals surface area contributed by atoms with Gasteiger partial charge < -0.3 is 10.1 Å². The topological polar surface area (TPSA) is 39.1 Å². The normalized spacial score (nSPS) is 10.6. The summed E-state index contributed by atoms with van der Waals surface area (Å²) in [5.41, 5.74) is 3.56. The number of hydrogen-bond donors (Lipinski definition) is 1. The summed E-state index contributed by atoms with van der Waals surface area (Å²) in [6, 6.07) is 8.10. The molecule has 18 heavy (non-hydrogen) atoms. The SMILES string of the molecule is CCn1ncc(CNC)c1-c1ccc(OC)cc1. The molecule has 1 heterocycles. The fourth-order valence-corrected chi connectivity index (χ4v) is 2.07. The van der Waals surface area contributed by atoms with E-state index in [9.17, 15) is 0 Å². The number of methoxy groups -OCH3 is 1. The van der Waals surface area contributed by atoms with Crippen LogP contribution >= 0.6 is 0 Å². The maximum absolute atomic E-state index is 5.19. The first-order valence-electron chi connectivity index (χ1n) is 6.13. The highest BCUT2D eigenvalue weighted by atomic mass is 16.5. The molecule has 0 unspecified atom stereocenters. The molecule has 1 N–H and O–H groups in total. The molecule has 0 bridgehead atoms. The van der Waals surface area contributed by atoms with Gasteiger partial charge in [-0.2, -0.15) is 5.10 Å². The van der Waals surface area contributed by atoms with Gasteiger partial charge in [0.2, 0.25) is 0 Å². The first-order chi connectivity index (χ1) is 8.80. The van der Waals surface area contributed by atoms with Crippen molar-refractivity contribution in [2.45, 2.75) is 20.0 Å². The second kappa shape index (κ2) is 5.69. The van der Waals surface area contributed by atoms with Gasteiger partial charge in [-0.1, -0.05) is 0 Å². The number of ether oxygens (including phenoxy) is 1. The molecular weight excluding hydrogens is 226 g/mol. The average Bonchev–Trinajstić information content (AvgIpc) is 2.82. The Kier molecular flexibility index (Phi) is 3.99. The minimum absolute atomic E-state index is 0.821. The van der Waals surface area contributed by atoms with Crippen molar-refractivity contribution in [3.63, 3.8) is 0 Å². The molecule has 0 atom stereocenters. The van der Waals surface area contributed by atoms with Gasteiger partial charge in [-0.3, -0.25) is 4.68 Å². The second-order valence-electron chi connectivity index (χ2n) is 4.09. The van der Waals surface area contributed by atoms with Crippen molar-refractivity contribution in [1.29, 1.82) is 0 Å². The summed E-state index contributed by atoms with van der Waals surface area (Å²) in [4.78, 5) is 0. The largest absolute Gasteiger partial charge is 0.497 e. The second-order valence-corrected chi connectivity index (χ2v) is 4.09. The number of nitrogens with zero attached hydrogens (tertiary/aromatic N) is 2. The molecule has 0 saturated heterocycles. The number of nitrogens with one attached hydrogen (secondary N) is 1. The zero-order chi connectivity index (χ0) is 13.0. The van der Waals surface area contributed by atoms with Crippen LogP contribution in [-0.2, 0) is 13.1 Å². The fraction of sp³-hybridized carbons (Fsp3) is 0.357. The fourth-order valence-electron chi connectivity index (χ4n) is 2.07. The molecule has 2 rings (SSSR count). The molecule has 96 valence electrons. The quantitative estimate of drug-likeness (QED) is 0.878. The molecule has 0 spiro atoms. The van der Waals surface area contributed by atoms with Crippen LogP contribution in [-0.4, -0.2) is 23.9 Å². The Morgan fingerprint density at radius 1 is 1.28 bits per heavy atom. The Bertz CT molecular complexity index is 502. The van der Waals surface area contributed by atoms with Gasteiger partial charge in [0.15, 0.2) is 0 Å². The van der Waals surface area contributed by atoms with Gasteiger partial charge in [0.05, 0.1) is 19.0 Å². The van der Waals surface area contributed by atoms with Crippen molar-refractivity contribution in [1.82, 2.24) is 15.1 Å². The van der Waals surface area contributed by atoms with E-state index in [1.165, 1.54) is 16.8 Å². The van der Waals surface area contributed by atoms with Gasteiger partial charge in [-0.25, -0.2) is 0 Å². The summed E-state index contributed by atoms with van der Waals surface area (Å²) in [6.07, 6.45) is 1.93. The number of hydrogen-bond acceptors (Lipinski definition) is 3. The van der Waals surface area contributed by atoms with Crippen molar-refractivity contribution >= 4 is 0 Å². The first kappa shape index (κ1) is 12.6. The molecule has 0 aliphatic rings. The minimum atomic E-state index is 0.821. The van der Waals surface area contributed by atoms with E-state index in [4.69, 9.17) is 4.74 Å². The molecule has 1 aromatic heterocycles. The van der Waals surface area contributed by atoms with Crippen molar-refractivity contribution in [3.05, 3.63) is 36.0 Å². The van der Waals surface area contributed by atoms with E-state index in [0.717, 1.165) is 18.8 Å². The van der Waals surface area contributed by atoms with Gasteiger partial charge in [0.1, 0.15) is 5.75 Å². The summed E-state index contributed by atoms with van der Waals surface area (Å²) >= 11 is 0. The zero-order valence-corrected chi connectivity index (χ0v) is 11.1. The van der Waals surface area contributed by atoms with Crippen LogP contribution in [0.3, 0.4) is 0 Å². The van der Waals surface area contributed by atoms with Crippen LogP contribution in [0.4, 0.5) is 0 Å². The molecule has 0 aliphatic heterocycles. The number of aromatic nitrogens is 2. The highest BCUT2D eigenvalue weighted by Crippen LogP contribution is 2.25. The van der Waals surface area contributed by atoms with Crippen LogP contribution in [0.5, 0.6) is 5.75 Å². The number of rotatable bonds is 5. The standard InChI is InChI=1S/C14H19N3O/c1-4-17-14(12(9-15-2)10-16-17)11-5-7-13(18-3)8-6-11/h5-8,10,15H,4,9H2,1-3H3. The smallest absolute Gasteiger partial charge is 0.118 e. The van der Waals surface area contributed by atoms with E-state index in [1.807, 2.05) is 30.1 Å². The summed E-state index contributed by atoms with van der Waals surface area (Å²) in [5.74, 6) is 0.872. The summed E-state index contributed by atoms with van der Waals surface area (Å²) < 4.78 is 7.21. The maximum atomic E-state index is 5.19. The summed E-state index contributed by atoms with van der Waals surface area (Å²) in [7, 11) is 3.62. The molecule has 0 radical (unpaired) electrons. The van der Waals surface area contributed by atoms with E-state index in [1.54, 1.807) is 7.11 Å². The molecule has 1 aromatic carbocycles. The highest BCUT2D eigenvalue weighted by Gasteiger charge is 2.11.